The molecule has 0 saturated carbocycles. The van der Waals surface area contributed by atoms with Gasteiger partial charge in [0.05, 0.1) is 13.3 Å². The Kier molecular flexibility index (Phi) is 4.13. The van der Waals surface area contributed by atoms with Crippen molar-refractivity contribution in [1.82, 2.24) is 15.3 Å². The Morgan fingerprint density at radius 1 is 1.57 bits per heavy atom. The maximum atomic E-state index is 10.6. The third-order valence-electron chi connectivity index (χ3n) is 1.70. The molecule has 9 heteroatoms. The summed E-state index contributed by atoms with van der Waals surface area (Å²) in [6.07, 6.45) is 0. The molecule has 14 heavy (non-hydrogen) atoms. The number of nitrogens with one attached hydrogen (secondary N) is 1. The minimum atomic E-state index is -4.03. The fourth-order valence-corrected chi connectivity index (χ4v) is 2.24. The Labute approximate surface area is 87.8 Å². The Morgan fingerprint density at radius 2 is 2.21 bits per heavy atom. The molecule has 0 aliphatic carbocycles. The second-order valence-electron chi connectivity index (χ2n) is 2.93. The minimum absolute atomic E-state index is 0.0345. The maximum absolute atomic E-state index is 10.6. The normalized spacial score (nSPS) is 25.8. The van der Waals surface area contributed by atoms with Crippen molar-refractivity contribution in [2.75, 3.05) is 25.7 Å². The highest BCUT2D eigenvalue weighted by molar-refractivity contribution is 7.85. The van der Waals surface area contributed by atoms with Crippen LogP contribution in [0.3, 0.4) is 0 Å². The second kappa shape index (κ2) is 4.75. The van der Waals surface area contributed by atoms with Crippen molar-refractivity contribution in [1.29, 1.82) is 0 Å². The topological polar surface area (TPSA) is 93.1 Å². The molecule has 1 aliphatic rings. The molecule has 84 valence electrons. The van der Waals surface area contributed by atoms with Crippen molar-refractivity contribution in [3.63, 3.8) is 0 Å². The number of hydrazine groups is 1. The Hall–Kier alpha value is 0.1000. The molecule has 0 aromatic heterocycles. The molecular formula is C5H13N3O4S2. The zero-order valence-electron chi connectivity index (χ0n) is 7.37. The molecule has 0 aromatic rings. The number of nitrogens with zero attached hydrogens (tertiary/aromatic N) is 2. The van der Waals surface area contributed by atoms with Gasteiger partial charge in [0.25, 0.3) is 10.1 Å². The van der Waals surface area contributed by atoms with Crippen LogP contribution in [0.15, 0.2) is 0 Å². The number of rotatable bonds is 4. The third kappa shape index (κ3) is 3.69. The summed E-state index contributed by atoms with van der Waals surface area (Å²) < 4.78 is 29.8. The van der Waals surface area contributed by atoms with E-state index in [4.69, 9.17) is 9.66 Å². The van der Waals surface area contributed by atoms with Crippen LogP contribution in [0.25, 0.3) is 0 Å². The quantitative estimate of drug-likeness (QED) is 0.339. The summed E-state index contributed by atoms with van der Waals surface area (Å²) in [6.45, 7) is 0.626. The molecule has 0 amide bonds. The highest BCUT2D eigenvalue weighted by Gasteiger charge is 2.29. The van der Waals surface area contributed by atoms with E-state index < -0.39 is 21.5 Å². The second-order valence-corrected chi connectivity index (χ2v) is 4.84. The minimum Gasteiger partial charge on any atom is -0.395 e. The number of hydrogen-bond donors (Lipinski definition) is 4. The SMILES string of the molecule is O=S(=O)(O)CN1CN(CCO)NC1S. The van der Waals surface area contributed by atoms with Gasteiger partial charge in [-0.05, 0) is 0 Å². The molecule has 1 saturated heterocycles. The van der Waals surface area contributed by atoms with Crippen LogP contribution in [0.4, 0.5) is 0 Å². The van der Waals surface area contributed by atoms with Gasteiger partial charge in [-0.1, -0.05) is 0 Å². The molecule has 1 unspecified atom stereocenters. The first-order valence-electron chi connectivity index (χ1n) is 3.91. The van der Waals surface area contributed by atoms with E-state index in [0.717, 1.165) is 0 Å². The average Bonchev–Trinajstić information content (AvgIpc) is 2.29. The van der Waals surface area contributed by atoms with Crippen molar-refractivity contribution >= 4 is 22.7 Å². The summed E-state index contributed by atoms with van der Waals surface area (Å²) in [5, 5.41) is 10.3. The van der Waals surface area contributed by atoms with Crippen LogP contribution < -0.4 is 5.43 Å². The van der Waals surface area contributed by atoms with E-state index in [2.05, 4.69) is 18.1 Å². The number of aliphatic hydroxyl groups excluding tert-OH is 1. The Bertz CT molecular complexity index is 283. The molecular weight excluding hydrogens is 230 g/mol. The van der Waals surface area contributed by atoms with Gasteiger partial charge in [0, 0.05) is 6.54 Å². The average molecular weight is 243 g/mol. The lowest BCUT2D eigenvalue weighted by Gasteiger charge is -2.15. The van der Waals surface area contributed by atoms with Crippen LogP contribution in [0, 0.1) is 0 Å². The molecule has 1 aliphatic heterocycles. The largest absolute Gasteiger partial charge is 0.395 e. The highest BCUT2D eigenvalue weighted by atomic mass is 32.2. The molecule has 3 N–H and O–H groups in total. The number of thiol groups is 1. The van der Waals surface area contributed by atoms with Crippen molar-refractivity contribution in [2.45, 2.75) is 5.50 Å². The molecule has 1 fully saturated rings. The number of β-amino-alcohol motifs (C(OH)–C–C–N with tert-alkyl or cyclic N) is 1. The van der Waals surface area contributed by atoms with Crippen molar-refractivity contribution in [2.24, 2.45) is 0 Å². The van der Waals surface area contributed by atoms with Gasteiger partial charge in [-0.3, -0.25) is 4.55 Å². The lowest BCUT2D eigenvalue weighted by atomic mass is 10.7. The van der Waals surface area contributed by atoms with Gasteiger partial charge >= 0.3 is 0 Å². The van der Waals surface area contributed by atoms with E-state index in [1.807, 2.05) is 0 Å². The van der Waals surface area contributed by atoms with E-state index in [0.29, 0.717) is 6.54 Å². The first-order valence-corrected chi connectivity index (χ1v) is 6.04. The smallest absolute Gasteiger partial charge is 0.278 e. The zero-order valence-corrected chi connectivity index (χ0v) is 9.08. The molecule has 0 aromatic carbocycles. The number of hydrogen-bond acceptors (Lipinski definition) is 7. The standard InChI is InChI=1S/C5H13N3O4S2/c9-2-1-8-3-7(5(13)6-8)4-14(10,11)12/h5-6,9,13H,1-4H2,(H,10,11,12). The van der Waals surface area contributed by atoms with Crippen molar-refractivity contribution in [3.8, 4) is 0 Å². The van der Waals surface area contributed by atoms with Crippen molar-refractivity contribution in [3.05, 3.63) is 0 Å². The molecule has 0 bridgehead atoms. The van der Waals surface area contributed by atoms with Crippen LogP contribution >= 0.6 is 12.6 Å². The van der Waals surface area contributed by atoms with Gasteiger partial charge in [0.1, 0.15) is 11.4 Å². The van der Waals surface area contributed by atoms with E-state index in [-0.39, 0.29) is 13.3 Å². The van der Waals surface area contributed by atoms with E-state index in [9.17, 15) is 8.42 Å². The summed E-state index contributed by atoms with van der Waals surface area (Å²) in [5.74, 6) is -0.476. The van der Waals surface area contributed by atoms with Gasteiger partial charge in [0.15, 0.2) is 0 Å². The first-order chi connectivity index (χ1) is 6.42. The van der Waals surface area contributed by atoms with E-state index in [1.54, 1.807) is 5.01 Å². The molecule has 7 nitrogen and oxygen atoms in total. The van der Waals surface area contributed by atoms with Crippen LogP contribution in [0.5, 0.6) is 0 Å². The van der Waals surface area contributed by atoms with Gasteiger partial charge in [-0.15, -0.1) is 12.6 Å². The van der Waals surface area contributed by atoms with Gasteiger partial charge in [-0.2, -0.15) is 8.42 Å². The van der Waals surface area contributed by atoms with E-state index >= 15 is 0 Å². The molecule has 1 rings (SSSR count). The van der Waals surface area contributed by atoms with Crippen molar-refractivity contribution < 1.29 is 18.1 Å². The lowest BCUT2D eigenvalue weighted by molar-refractivity contribution is 0.169. The molecule has 1 atom stereocenters. The predicted octanol–water partition coefficient (Wildman–Crippen LogP) is -1.88. The summed E-state index contributed by atoms with van der Waals surface area (Å²) >= 11 is 4.07. The Morgan fingerprint density at radius 3 is 2.71 bits per heavy atom. The molecule has 1 heterocycles. The van der Waals surface area contributed by atoms with Crippen LogP contribution in [-0.4, -0.2) is 59.2 Å². The summed E-state index contributed by atoms with van der Waals surface area (Å²) in [4.78, 5) is 1.41. The van der Waals surface area contributed by atoms with Gasteiger partial charge in [-0.25, -0.2) is 15.3 Å². The van der Waals surface area contributed by atoms with Gasteiger partial charge in [0.2, 0.25) is 0 Å². The van der Waals surface area contributed by atoms with Gasteiger partial charge < -0.3 is 5.11 Å². The van der Waals surface area contributed by atoms with Crippen LogP contribution in [0.2, 0.25) is 0 Å². The summed E-state index contributed by atoms with van der Waals surface area (Å²) in [7, 11) is -4.03. The fourth-order valence-electron chi connectivity index (χ4n) is 1.16. The monoisotopic (exact) mass is 243 g/mol. The fraction of sp³-hybridized carbons (Fsp3) is 1.00. The highest BCUT2D eigenvalue weighted by Crippen LogP contribution is 2.11. The first kappa shape index (κ1) is 12.2. The maximum Gasteiger partial charge on any atom is 0.278 e. The van der Waals surface area contributed by atoms with Crippen LogP contribution in [0.1, 0.15) is 0 Å². The lowest BCUT2D eigenvalue weighted by Crippen LogP contribution is -2.36. The predicted molar refractivity (Wildman–Crippen MR) is 52.8 cm³/mol. The zero-order chi connectivity index (χ0) is 10.8. The van der Waals surface area contributed by atoms with Crippen LogP contribution in [-0.2, 0) is 10.1 Å². The number of aliphatic hydroxyl groups is 1. The summed E-state index contributed by atoms with van der Waals surface area (Å²) in [6, 6.07) is 0. The molecule has 0 radical (unpaired) electrons. The summed E-state index contributed by atoms with van der Waals surface area (Å²) in [5.41, 5.74) is 2.35. The Balaban J connectivity index is 2.49. The van der Waals surface area contributed by atoms with E-state index in [1.165, 1.54) is 4.90 Å². The third-order valence-corrected chi connectivity index (χ3v) is 2.80. The molecule has 0 spiro atoms.